The van der Waals surface area contributed by atoms with Gasteiger partial charge in [0.1, 0.15) is 0 Å². The van der Waals surface area contributed by atoms with E-state index < -0.39 is 17.0 Å². The van der Waals surface area contributed by atoms with E-state index in [0.29, 0.717) is 5.92 Å². The molecule has 6 atom stereocenters. The van der Waals surface area contributed by atoms with Gasteiger partial charge in [0.15, 0.2) is 0 Å². The minimum absolute atomic E-state index is 0.107. The van der Waals surface area contributed by atoms with Gasteiger partial charge < -0.3 is 10.2 Å². The molecule has 4 aliphatic rings. The first-order chi connectivity index (χ1) is 10.7. The lowest BCUT2D eigenvalue weighted by Crippen LogP contribution is -2.59. The van der Waals surface area contributed by atoms with E-state index >= 15 is 0 Å². The van der Waals surface area contributed by atoms with Crippen molar-refractivity contribution >= 4 is 5.97 Å². The van der Waals surface area contributed by atoms with E-state index in [0.717, 1.165) is 63.4 Å². The zero-order chi connectivity index (χ0) is 16.7. The number of aliphatic hydroxyl groups is 1. The molecule has 0 aromatic carbocycles. The van der Waals surface area contributed by atoms with Crippen molar-refractivity contribution in [1.82, 2.24) is 0 Å². The molecule has 3 nitrogen and oxygen atoms in total. The number of carboxylic acids is 1. The van der Waals surface area contributed by atoms with Crippen LogP contribution in [0.15, 0.2) is 12.2 Å². The molecular formula is C20H30O3. The summed E-state index contributed by atoms with van der Waals surface area (Å²) in [5.41, 5.74) is 0.128. The molecule has 0 aliphatic heterocycles. The van der Waals surface area contributed by atoms with Gasteiger partial charge in [0.2, 0.25) is 0 Å². The van der Waals surface area contributed by atoms with Crippen molar-refractivity contribution in [2.24, 2.45) is 28.1 Å². The second-order valence-corrected chi connectivity index (χ2v) is 9.62. The molecule has 0 radical (unpaired) electrons. The van der Waals surface area contributed by atoms with Crippen molar-refractivity contribution in [3.63, 3.8) is 0 Å². The van der Waals surface area contributed by atoms with E-state index in [-0.39, 0.29) is 16.7 Å². The number of fused-ring (bicyclic) bond motifs is 3. The summed E-state index contributed by atoms with van der Waals surface area (Å²) in [6.45, 7) is 8.55. The summed E-state index contributed by atoms with van der Waals surface area (Å²) in [4.78, 5) is 12.0. The van der Waals surface area contributed by atoms with Crippen LogP contribution in [0.25, 0.3) is 0 Å². The largest absolute Gasteiger partial charge is 0.481 e. The smallest absolute Gasteiger partial charge is 0.309 e. The SMILES string of the molecule is C=C1C[C@@]23CC[C@H]4C(C)(CCC[C@@]4(C)C(=O)O)[C@@H]2CCC1(O)C3. The van der Waals surface area contributed by atoms with E-state index in [1.54, 1.807) is 0 Å². The first-order valence-corrected chi connectivity index (χ1v) is 9.30. The van der Waals surface area contributed by atoms with Crippen LogP contribution in [0.2, 0.25) is 0 Å². The Labute approximate surface area is 139 Å². The Morgan fingerprint density at radius 2 is 1.83 bits per heavy atom. The molecule has 128 valence electrons. The highest BCUT2D eigenvalue weighted by Crippen LogP contribution is 2.72. The highest BCUT2D eigenvalue weighted by Gasteiger charge is 2.67. The monoisotopic (exact) mass is 318 g/mol. The van der Waals surface area contributed by atoms with Crippen LogP contribution in [-0.2, 0) is 4.79 Å². The fourth-order valence-corrected chi connectivity index (χ4v) is 7.61. The fraction of sp³-hybridized carbons (Fsp3) is 0.850. The van der Waals surface area contributed by atoms with Gasteiger partial charge in [-0.05, 0) is 86.5 Å². The Morgan fingerprint density at radius 1 is 1.13 bits per heavy atom. The van der Waals surface area contributed by atoms with E-state index in [9.17, 15) is 15.0 Å². The van der Waals surface area contributed by atoms with Crippen LogP contribution in [0.1, 0.15) is 71.6 Å². The highest BCUT2D eigenvalue weighted by molar-refractivity contribution is 5.75. The van der Waals surface area contributed by atoms with E-state index in [4.69, 9.17) is 0 Å². The van der Waals surface area contributed by atoms with Crippen molar-refractivity contribution in [2.75, 3.05) is 0 Å². The third kappa shape index (κ3) is 1.78. The fourth-order valence-electron chi connectivity index (χ4n) is 7.61. The van der Waals surface area contributed by atoms with Crippen molar-refractivity contribution in [3.05, 3.63) is 12.2 Å². The molecule has 0 saturated heterocycles. The summed E-state index contributed by atoms with van der Waals surface area (Å²) in [6.07, 6.45) is 8.75. The third-order valence-electron chi connectivity index (χ3n) is 8.65. The molecule has 4 rings (SSSR count). The van der Waals surface area contributed by atoms with Crippen LogP contribution in [0.3, 0.4) is 0 Å². The maximum atomic E-state index is 12.0. The van der Waals surface area contributed by atoms with Gasteiger partial charge in [0.05, 0.1) is 11.0 Å². The molecular weight excluding hydrogens is 288 g/mol. The summed E-state index contributed by atoms with van der Waals surface area (Å²) >= 11 is 0. The number of carbonyl (C=O) groups is 1. The van der Waals surface area contributed by atoms with Gasteiger partial charge in [-0.1, -0.05) is 19.9 Å². The van der Waals surface area contributed by atoms with Gasteiger partial charge in [0.25, 0.3) is 0 Å². The van der Waals surface area contributed by atoms with Gasteiger partial charge in [0, 0.05) is 0 Å². The van der Waals surface area contributed by atoms with Gasteiger partial charge in [-0.3, -0.25) is 4.79 Å². The summed E-state index contributed by atoms with van der Waals surface area (Å²) in [7, 11) is 0. The molecule has 2 bridgehead atoms. The highest BCUT2D eigenvalue weighted by atomic mass is 16.4. The number of carboxylic acid groups (broad SMARTS) is 1. The maximum Gasteiger partial charge on any atom is 0.309 e. The molecule has 4 saturated carbocycles. The lowest BCUT2D eigenvalue weighted by Gasteiger charge is -2.63. The molecule has 2 unspecified atom stereocenters. The van der Waals surface area contributed by atoms with E-state index in [2.05, 4.69) is 13.5 Å². The van der Waals surface area contributed by atoms with Crippen LogP contribution in [0.4, 0.5) is 0 Å². The number of hydrogen-bond acceptors (Lipinski definition) is 2. The summed E-state index contributed by atoms with van der Waals surface area (Å²) in [6, 6.07) is 0. The standard InChI is InChI=1S/C20H30O3/c1-13-11-19-9-5-14-17(2,7-4-8-18(14,3)16(21)22)15(19)6-10-20(13,23)12-19/h14-15,23H,1,4-12H2,2-3H3,(H,21,22)/t14-,15-,17?,18+,19+,20?/m0/s1. The Morgan fingerprint density at radius 3 is 2.52 bits per heavy atom. The van der Waals surface area contributed by atoms with Crippen molar-refractivity contribution in [2.45, 2.75) is 77.2 Å². The van der Waals surface area contributed by atoms with Gasteiger partial charge in [-0.2, -0.15) is 0 Å². The molecule has 0 heterocycles. The number of rotatable bonds is 1. The Bertz CT molecular complexity index is 583. The summed E-state index contributed by atoms with van der Waals surface area (Å²) < 4.78 is 0. The topological polar surface area (TPSA) is 57.5 Å². The minimum atomic E-state index is -0.634. The van der Waals surface area contributed by atoms with Crippen molar-refractivity contribution < 1.29 is 15.0 Å². The molecule has 0 aromatic heterocycles. The zero-order valence-electron chi connectivity index (χ0n) is 14.5. The predicted molar refractivity (Wildman–Crippen MR) is 88.9 cm³/mol. The van der Waals surface area contributed by atoms with Gasteiger partial charge >= 0.3 is 5.97 Å². The number of aliphatic carboxylic acids is 1. The molecule has 4 fully saturated rings. The van der Waals surface area contributed by atoms with Gasteiger partial charge in [-0.25, -0.2) is 0 Å². The third-order valence-corrected chi connectivity index (χ3v) is 8.65. The van der Waals surface area contributed by atoms with Crippen LogP contribution in [0.5, 0.6) is 0 Å². The average molecular weight is 318 g/mol. The summed E-state index contributed by atoms with van der Waals surface area (Å²) in [5, 5.41) is 20.8. The average Bonchev–Trinajstić information content (AvgIpc) is 2.63. The minimum Gasteiger partial charge on any atom is -0.481 e. The first-order valence-electron chi connectivity index (χ1n) is 9.30. The van der Waals surface area contributed by atoms with Crippen LogP contribution in [-0.4, -0.2) is 21.8 Å². The van der Waals surface area contributed by atoms with Crippen LogP contribution in [0, 0.1) is 28.1 Å². The quantitative estimate of drug-likeness (QED) is 0.714. The molecule has 4 aliphatic carbocycles. The first kappa shape index (κ1) is 15.7. The van der Waals surface area contributed by atoms with E-state index in [1.807, 2.05) is 6.92 Å². The predicted octanol–water partition coefficient (Wildman–Crippen LogP) is 4.16. The molecule has 1 spiro atoms. The molecule has 0 amide bonds. The molecule has 3 heteroatoms. The Balaban J connectivity index is 1.76. The second-order valence-electron chi connectivity index (χ2n) is 9.62. The Hall–Kier alpha value is -0.830. The second kappa shape index (κ2) is 4.41. The summed E-state index contributed by atoms with van der Waals surface area (Å²) in [5.74, 6) is 0.219. The Kier molecular flexibility index (Phi) is 3.01. The zero-order valence-corrected chi connectivity index (χ0v) is 14.5. The van der Waals surface area contributed by atoms with Gasteiger partial charge in [-0.15, -0.1) is 0 Å². The maximum absolute atomic E-state index is 12.0. The number of hydrogen-bond donors (Lipinski definition) is 2. The molecule has 2 N–H and O–H groups in total. The lowest BCUT2D eigenvalue weighted by atomic mass is 9.41. The van der Waals surface area contributed by atoms with Crippen LogP contribution >= 0.6 is 0 Å². The van der Waals surface area contributed by atoms with E-state index in [1.165, 1.54) is 0 Å². The normalized spacial score (nSPS) is 55.2. The lowest BCUT2D eigenvalue weighted by molar-refractivity contribution is -0.186. The molecule has 0 aromatic rings. The van der Waals surface area contributed by atoms with Crippen molar-refractivity contribution in [3.8, 4) is 0 Å². The van der Waals surface area contributed by atoms with Crippen molar-refractivity contribution in [1.29, 1.82) is 0 Å². The van der Waals surface area contributed by atoms with Crippen LogP contribution < -0.4 is 0 Å². The molecule has 23 heavy (non-hydrogen) atoms.